The van der Waals surface area contributed by atoms with Crippen molar-refractivity contribution in [1.29, 1.82) is 0 Å². The van der Waals surface area contributed by atoms with E-state index < -0.39 is 135 Å². The second-order valence-corrected chi connectivity index (χ2v) is 21.2. The maximum atomic E-state index is 12.3. The third-order valence-corrected chi connectivity index (χ3v) is 17.4. The van der Waals surface area contributed by atoms with Crippen LogP contribution in [0.15, 0.2) is 11.6 Å². The summed E-state index contributed by atoms with van der Waals surface area (Å²) in [4.78, 5) is 0. The normalized spacial score (nSPS) is 56.0. The molecule has 4 heterocycles. The molecule has 0 radical (unpaired) electrons. The van der Waals surface area contributed by atoms with Gasteiger partial charge in [-0.25, -0.2) is 0 Å². The molecule has 0 amide bonds. The number of hydrogen-bond acceptors (Lipinski definition) is 20. The Balaban J connectivity index is 0.918. The van der Waals surface area contributed by atoms with Crippen molar-refractivity contribution in [3.63, 3.8) is 0 Å². The summed E-state index contributed by atoms with van der Waals surface area (Å²) in [6.07, 6.45) is -19.2. The van der Waals surface area contributed by atoms with Crippen LogP contribution in [0.1, 0.15) is 79.6 Å². The fourth-order valence-corrected chi connectivity index (χ4v) is 13.7. The number of rotatable bonds is 12. The van der Waals surface area contributed by atoms with Crippen molar-refractivity contribution in [2.45, 2.75) is 202 Å². The maximum Gasteiger partial charge on any atom is 0.187 e. The first-order valence-electron chi connectivity index (χ1n) is 23.6. The minimum absolute atomic E-state index is 0.00159. The summed E-state index contributed by atoms with van der Waals surface area (Å²) < 4.78 is 41.7. The first kappa shape index (κ1) is 50.3. The quantitative estimate of drug-likeness (QED) is 0.0874. The highest BCUT2D eigenvalue weighted by atomic mass is 16.8. The Kier molecular flexibility index (Phi) is 14.7. The molecule has 20 heteroatoms. The van der Waals surface area contributed by atoms with Crippen molar-refractivity contribution in [2.75, 3.05) is 19.8 Å². The third kappa shape index (κ3) is 8.59. The highest BCUT2D eigenvalue weighted by Crippen LogP contribution is 2.70. The second-order valence-electron chi connectivity index (χ2n) is 21.2. The third-order valence-electron chi connectivity index (χ3n) is 17.4. The molecule has 4 aliphatic carbocycles. The fraction of sp³-hybridized carbons (Fsp3) is 0.956. The van der Waals surface area contributed by atoms with Crippen LogP contribution in [0.4, 0.5) is 0 Å². The van der Waals surface area contributed by atoms with E-state index in [1.165, 1.54) is 6.92 Å². The van der Waals surface area contributed by atoms with E-state index in [0.29, 0.717) is 38.5 Å². The lowest BCUT2D eigenvalue weighted by Gasteiger charge is -2.61. The molecule has 7 fully saturated rings. The first-order chi connectivity index (χ1) is 30.6. The molecule has 3 saturated carbocycles. The van der Waals surface area contributed by atoms with Gasteiger partial charge in [0.25, 0.3) is 0 Å². The van der Waals surface area contributed by atoms with Gasteiger partial charge in [-0.3, -0.25) is 0 Å². The fourth-order valence-electron chi connectivity index (χ4n) is 13.7. The van der Waals surface area contributed by atoms with Crippen molar-refractivity contribution >= 4 is 0 Å². The van der Waals surface area contributed by atoms with Crippen molar-refractivity contribution in [2.24, 2.45) is 46.3 Å². The Morgan fingerprint density at radius 2 is 1.37 bits per heavy atom. The van der Waals surface area contributed by atoms with Gasteiger partial charge in [0.05, 0.1) is 50.3 Å². The zero-order valence-electron chi connectivity index (χ0n) is 37.8. The Morgan fingerprint density at radius 3 is 2.05 bits per heavy atom. The molecule has 28 unspecified atom stereocenters. The minimum atomic E-state index is -1.72. The van der Waals surface area contributed by atoms with Gasteiger partial charge in [-0.05, 0) is 74.0 Å². The summed E-state index contributed by atoms with van der Waals surface area (Å²) in [5.74, 6) is -2.08. The monoisotopic (exact) mass is 934 g/mol. The minimum Gasteiger partial charge on any atom is -0.394 e. The largest absolute Gasteiger partial charge is 0.394 e. The predicted octanol–water partition coefficient (Wildman–Crippen LogP) is -2.89. The summed E-state index contributed by atoms with van der Waals surface area (Å²) in [7, 11) is 0. The number of aliphatic hydroxyl groups is 13. The number of hydrogen-bond donors (Lipinski definition) is 13. The Hall–Kier alpha value is -1.06. The van der Waals surface area contributed by atoms with E-state index in [-0.39, 0.29) is 60.1 Å². The standard InChI is InChI=1S/C45H74O20/c1-17(16-59-40-37(56)35(54)32(51)26(14-46)62-40)8-9-45(58)18(2)29-25(65-45)12-23-22-7-6-20-10-21(11-28(49)44(20,5)30(22)24(48)13-43(23,29)4)61-42-39(36(55)33(52)27(15-47)63-42)64-41-38(57)34(53)31(50)19(3)60-41/h6,17-19,21-42,46-58H,7-16H2,1-5H3. The van der Waals surface area contributed by atoms with Crippen LogP contribution in [0, 0.1) is 46.3 Å². The van der Waals surface area contributed by atoms with Crippen LogP contribution < -0.4 is 0 Å². The predicted molar refractivity (Wildman–Crippen MR) is 220 cm³/mol. The number of allylic oxidation sites excluding steroid dienone is 1. The van der Waals surface area contributed by atoms with Crippen LogP contribution in [0.25, 0.3) is 0 Å². The van der Waals surface area contributed by atoms with Gasteiger partial charge in [-0.1, -0.05) is 39.3 Å². The lowest BCUT2D eigenvalue weighted by molar-refractivity contribution is -0.370. The van der Waals surface area contributed by atoms with Gasteiger partial charge in [0.15, 0.2) is 24.7 Å². The van der Waals surface area contributed by atoms with Gasteiger partial charge < -0.3 is 99.5 Å². The van der Waals surface area contributed by atoms with Gasteiger partial charge in [-0.15, -0.1) is 0 Å². The van der Waals surface area contributed by atoms with Crippen molar-refractivity contribution < 1.29 is 99.5 Å². The molecule has 4 aliphatic heterocycles. The van der Waals surface area contributed by atoms with Gasteiger partial charge in [0.2, 0.25) is 0 Å². The molecule has 13 N–H and O–H groups in total. The molecule has 374 valence electrons. The summed E-state index contributed by atoms with van der Waals surface area (Å²) in [5.41, 5.74) is -0.317. The molecular formula is C45H74O20. The van der Waals surface area contributed by atoms with E-state index >= 15 is 0 Å². The molecule has 4 saturated heterocycles. The van der Waals surface area contributed by atoms with Gasteiger partial charge >= 0.3 is 0 Å². The van der Waals surface area contributed by atoms with Crippen molar-refractivity contribution in [3.8, 4) is 0 Å². The number of aliphatic hydroxyl groups excluding tert-OH is 12. The molecule has 20 nitrogen and oxygen atoms in total. The number of ether oxygens (including phenoxy) is 7. The molecule has 0 aromatic carbocycles. The van der Waals surface area contributed by atoms with Crippen LogP contribution in [-0.2, 0) is 33.2 Å². The zero-order chi connectivity index (χ0) is 47.2. The average molecular weight is 935 g/mol. The topological polar surface area (TPSA) is 328 Å². The highest BCUT2D eigenvalue weighted by molar-refractivity contribution is 5.29. The Morgan fingerprint density at radius 1 is 0.738 bits per heavy atom. The smallest absolute Gasteiger partial charge is 0.187 e. The van der Waals surface area contributed by atoms with Gasteiger partial charge in [0, 0.05) is 24.2 Å². The highest BCUT2D eigenvalue weighted by Gasteiger charge is 2.70. The molecule has 0 aromatic heterocycles. The van der Waals surface area contributed by atoms with Crippen molar-refractivity contribution in [1.82, 2.24) is 0 Å². The van der Waals surface area contributed by atoms with E-state index in [2.05, 4.69) is 13.0 Å². The van der Waals surface area contributed by atoms with E-state index in [9.17, 15) is 66.4 Å². The summed E-state index contributed by atoms with van der Waals surface area (Å²) in [6, 6.07) is 0. The van der Waals surface area contributed by atoms with Crippen molar-refractivity contribution in [3.05, 3.63) is 11.6 Å². The number of fused-ring (bicyclic) bond motifs is 7. The second kappa shape index (κ2) is 18.9. The molecule has 28 atom stereocenters. The molecule has 8 aliphatic rings. The van der Waals surface area contributed by atoms with E-state index in [0.717, 1.165) is 5.57 Å². The molecule has 65 heavy (non-hydrogen) atoms. The van der Waals surface area contributed by atoms with Crippen LogP contribution in [-0.4, -0.2) is 209 Å². The summed E-state index contributed by atoms with van der Waals surface area (Å²) in [5, 5.41) is 140. The lowest BCUT2D eigenvalue weighted by Crippen LogP contribution is -2.65. The van der Waals surface area contributed by atoms with Gasteiger partial charge in [0.1, 0.15) is 67.1 Å². The molecule has 8 rings (SSSR count). The molecule has 0 aromatic rings. The molecule has 0 spiro atoms. The maximum absolute atomic E-state index is 12.3. The summed E-state index contributed by atoms with van der Waals surface area (Å²) in [6.45, 7) is 8.47. The van der Waals surface area contributed by atoms with E-state index in [4.69, 9.17) is 33.2 Å². The van der Waals surface area contributed by atoms with Crippen LogP contribution in [0.5, 0.6) is 0 Å². The lowest BCUT2D eigenvalue weighted by atomic mass is 9.45. The van der Waals surface area contributed by atoms with Crippen LogP contribution >= 0.6 is 0 Å². The van der Waals surface area contributed by atoms with Gasteiger partial charge in [-0.2, -0.15) is 0 Å². The zero-order valence-corrected chi connectivity index (χ0v) is 37.8. The average Bonchev–Trinajstić information content (AvgIpc) is 3.70. The molecular weight excluding hydrogens is 860 g/mol. The summed E-state index contributed by atoms with van der Waals surface area (Å²) >= 11 is 0. The van der Waals surface area contributed by atoms with Crippen LogP contribution in [0.3, 0.4) is 0 Å². The Bertz CT molecular complexity index is 1670. The first-order valence-corrected chi connectivity index (χ1v) is 23.6. The Labute approximate surface area is 378 Å². The van der Waals surface area contributed by atoms with E-state index in [1.54, 1.807) is 0 Å². The van der Waals surface area contributed by atoms with E-state index in [1.807, 2.05) is 20.8 Å². The SMILES string of the molecule is CC(CCC1(O)OC2CC3C4CC=C5CC(OC6OC(CO)C(O)C(O)C6OC6OC(C)C(O)C(O)C6O)CC(O)C5(C)C4C(O)CC3(C)C2C1C)COC1OC(CO)C(O)C(O)C1O. The molecule has 0 bridgehead atoms. The van der Waals surface area contributed by atoms with Crippen LogP contribution in [0.2, 0.25) is 0 Å².